The van der Waals surface area contributed by atoms with Crippen molar-refractivity contribution in [1.82, 2.24) is 0 Å². The second kappa shape index (κ2) is 6.89. The van der Waals surface area contributed by atoms with E-state index in [2.05, 4.69) is 13.8 Å². The zero-order valence-electron chi connectivity index (χ0n) is 10.2. The fraction of sp³-hybridized carbons (Fsp3) is 0.846. The molecule has 2 nitrogen and oxygen atoms in total. The van der Waals surface area contributed by atoms with Crippen LogP contribution in [-0.2, 0) is 4.74 Å². The Balaban J connectivity index is 2.47. The SMILES string of the molecule is CCCCC(CC)C(N)C1=COCCC1. The lowest BCUT2D eigenvalue weighted by atomic mass is 9.86. The van der Waals surface area contributed by atoms with E-state index >= 15 is 0 Å². The lowest BCUT2D eigenvalue weighted by Gasteiger charge is -2.26. The third kappa shape index (κ3) is 3.86. The van der Waals surface area contributed by atoms with Gasteiger partial charge in [0.1, 0.15) is 0 Å². The van der Waals surface area contributed by atoms with Crippen LogP contribution in [-0.4, -0.2) is 12.6 Å². The Morgan fingerprint density at radius 3 is 2.80 bits per heavy atom. The summed E-state index contributed by atoms with van der Waals surface area (Å²) < 4.78 is 5.36. The summed E-state index contributed by atoms with van der Waals surface area (Å²) in [7, 11) is 0. The van der Waals surface area contributed by atoms with E-state index in [9.17, 15) is 0 Å². The molecule has 1 rings (SSSR count). The molecule has 0 saturated heterocycles. The Kier molecular flexibility index (Phi) is 5.77. The third-order valence-electron chi connectivity index (χ3n) is 3.35. The first-order valence-electron chi connectivity index (χ1n) is 6.35. The fourth-order valence-electron chi connectivity index (χ4n) is 2.24. The number of unbranched alkanes of at least 4 members (excludes halogenated alkanes) is 1. The molecular formula is C13H25NO. The van der Waals surface area contributed by atoms with E-state index in [0.717, 1.165) is 19.4 Å². The van der Waals surface area contributed by atoms with E-state index in [0.29, 0.717) is 5.92 Å². The lowest BCUT2D eigenvalue weighted by Crippen LogP contribution is -2.33. The molecule has 2 atom stereocenters. The highest BCUT2D eigenvalue weighted by Crippen LogP contribution is 2.24. The number of hydrogen-bond acceptors (Lipinski definition) is 2. The Morgan fingerprint density at radius 2 is 2.27 bits per heavy atom. The van der Waals surface area contributed by atoms with E-state index in [1.807, 2.05) is 6.26 Å². The van der Waals surface area contributed by atoms with E-state index in [-0.39, 0.29) is 6.04 Å². The summed E-state index contributed by atoms with van der Waals surface area (Å²) >= 11 is 0. The molecule has 0 bridgehead atoms. The van der Waals surface area contributed by atoms with Crippen molar-refractivity contribution >= 4 is 0 Å². The van der Waals surface area contributed by atoms with Crippen LogP contribution in [0.3, 0.4) is 0 Å². The van der Waals surface area contributed by atoms with Crippen molar-refractivity contribution in [3.05, 3.63) is 11.8 Å². The van der Waals surface area contributed by atoms with Gasteiger partial charge in [0, 0.05) is 6.04 Å². The molecule has 1 heterocycles. The molecule has 15 heavy (non-hydrogen) atoms. The van der Waals surface area contributed by atoms with Crippen molar-refractivity contribution in [3.63, 3.8) is 0 Å². The van der Waals surface area contributed by atoms with Gasteiger partial charge in [-0.1, -0.05) is 33.1 Å². The Morgan fingerprint density at radius 1 is 1.47 bits per heavy atom. The van der Waals surface area contributed by atoms with Crippen LogP contribution in [0.15, 0.2) is 11.8 Å². The molecule has 1 aliphatic heterocycles. The lowest BCUT2D eigenvalue weighted by molar-refractivity contribution is 0.216. The Hall–Kier alpha value is -0.500. The largest absolute Gasteiger partial charge is 0.501 e. The highest BCUT2D eigenvalue weighted by Gasteiger charge is 2.20. The van der Waals surface area contributed by atoms with E-state index in [1.54, 1.807) is 0 Å². The summed E-state index contributed by atoms with van der Waals surface area (Å²) in [5.41, 5.74) is 7.62. The minimum Gasteiger partial charge on any atom is -0.501 e. The average Bonchev–Trinajstić information content (AvgIpc) is 2.31. The van der Waals surface area contributed by atoms with Gasteiger partial charge in [0.15, 0.2) is 0 Å². The van der Waals surface area contributed by atoms with Gasteiger partial charge in [0.2, 0.25) is 0 Å². The predicted molar refractivity (Wildman–Crippen MR) is 64.6 cm³/mol. The minimum absolute atomic E-state index is 0.224. The van der Waals surface area contributed by atoms with Gasteiger partial charge in [-0.15, -0.1) is 0 Å². The standard InChI is InChI=1S/C13H25NO/c1-3-5-7-11(4-2)13(14)12-8-6-9-15-10-12/h10-11,13H,3-9,14H2,1-2H3. The molecule has 0 aromatic rings. The van der Waals surface area contributed by atoms with Gasteiger partial charge in [-0.2, -0.15) is 0 Å². The van der Waals surface area contributed by atoms with Crippen molar-refractivity contribution in [1.29, 1.82) is 0 Å². The molecule has 0 aliphatic carbocycles. The first kappa shape index (κ1) is 12.6. The van der Waals surface area contributed by atoms with Crippen LogP contribution in [0.5, 0.6) is 0 Å². The molecule has 0 amide bonds. The highest BCUT2D eigenvalue weighted by atomic mass is 16.5. The van der Waals surface area contributed by atoms with Crippen molar-refractivity contribution in [3.8, 4) is 0 Å². The topological polar surface area (TPSA) is 35.2 Å². The number of ether oxygens (including phenoxy) is 1. The summed E-state index contributed by atoms with van der Waals surface area (Å²) in [5.74, 6) is 0.637. The van der Waals surface area contributed by atoms with Gasteiger partial charge < -0.3 is 10.5 Å². The first-order valence-corrected chi connectivity index (χ1v) is 6.35. The zero-order chi connectivity index (χ0) is 11.1. The van der Waals surface area contributed by atoms with Crippen LogP contribution < -0.4 is 5.73 Å². The summed E-state index contributed by atoms with van der Waals surface area (Å²) in [6.45, 7) is 5.34. The predicted octanol–water partition coefficient (Wildman–Crippen LogP) is 3.22. The van der Waals surface area contributed by atoms with E-state index in [4.69, 9.17) is 10.5 Å². The smallest absolute Gasteiger partial charge is 0.0876 e. The van der Waals surface area contributed by atoms with E-state index in [1.165, 1.54) is 31.3 Å². The Bertz CT molecular complexity index is 201. The van der Waals surface area contributed by atoms with Crippen LogP contribution in [0.2, 0.25) is 0 Å². The second-order valence-electron chi connectivity index (χ2n) is 4.50. The van der Waals surface area contributed by atoms with Crippen molar-refractivity contribution in [2.75, 3.05) is 6.61 Å². The molecule has 0 aromatic carbocycles. The van der Waals surface area contributed by atoms with Gasteiger partial charge >= 0.3 is 0 Å². The number of rotatable bonds is 6. The molecule has 2 heteroatoms. The van der Waals surface area contributed by atoms with Crippen LogP contribution in [0.25, 0.3) is 0 Å². The molecule has 0 aromatic heterocycles. The highest BCUT2D eigenvalue weighted by molar-refractivity contribution is 5.10. The van der Waals surface area contributed by atoms with E-state index < -0.39 is 0 Å². The molecule has 0 radical (unpaired) electrons. The van der Waals surface area contributed by atoms with Crippen LogP contribution >= 0.6 is 0 Å². The van der Waals surface area contributed by atoms with Crippen LogP contribution in [0, 0.1) is 5.92 Å². The quantitative estimate of drug-likeness (QED) is 0.732. The van der Waals surface area contributed by atoms with Gasteiger partial charge in [0.05, 0.1) is 12.9 Å². The van der Waals surface area contributed by atoms with Gasteiger partial charge in [-0.25, -0.2) is 0 Å². The number of hydrogen-bond donors (Lipinski definition) is 1. The third-order valence-corrected chi connectivity index (χ3v) is 3.35. The molecule has 1 aliphatic rings. The molecular weight excluding hydrogens is 186 g/mol. The summed E-state index contributed by atoms with van der Waals surface area (Å²) in [5, 5.41) is 0. The summed E-state index contributed by atoms with van der Waals surface area (Å²) in [6.07, 6.45) is 9.15. The summed E-state index contributed by atoms with van der Waals surface area (Å²) in [4.78, 5) is 0. The normalized spacial score (nSPS) is 20.3. The summed E-state index contributed by atoms with van der Waals surface area (Å²) in [6, 6.07) is 0.224. The molecule has 0 spiro atoms. The minimum atomic E-state index is 0.224. The van der Waals surface area contributed by atoms with Crippen molar-refractivity contribution in [2.24, 2.45) is 11.7 Å². The van der Waals surface area contributed by atoms with Gasteiger partial charge in [0.25, 0.3) is 0 Å². The zero-order valence-corrected chi connectivity index (χ0v) is 10.2. The maximum Gasteiger partial charge on any atom is 0.0876 e. The molecule has 0 saturated carbocycles. The first-order chi connectivity index (χ1) is 7.29. The molecule has 2 unspecified atom stereocenters. The van der Waals surface area contributed by atoms with Crippen LogP contribution in [0.4, 0.5) is 0 Å². The second-order valence-corrected chi connectivity index (χ2v) is 4.50. The van der Waals surface area contributed by atoms with Gasteiger partial charge in [-0.05, 0) is 30.8 Å². The number of nitrogens with two attached hydrogens (primary N) is 1. The van der Waals surface area contributed by atoms with Gasteiger partial charge in [-0.3, -0.25) is 0 Å². The Labute approximate surface area is 93.9 Å². The van der Waals surface area contributed by atoms with Crippen molar-refractivity contribution < 1.29 is 4.74 Å². The molecule has 88 valence electrons. The average molecular weight is 211 g/mol. The van der Waals surface area contributed by atoms with Crippen LogP contribution in [0.1, 0.15) is 52.4 Å². The molecule has 2 N–H and O–H groups in total. The van der Waals surface area contributed by atoms with Crippen molar-refractivity contribution in [2.45, 2.75) is 58.4 Å². The maximum atomic E-state index is 6.30. The maximum absolute atomic E-state index is 6.30. The fourth-order valence-corrected chi connectivity index (χ4v) is 2.24. The molecule has 0 fully saturated rings. The monoisotopic (exact) mass is 211 g/mol.